The van der Waals surface area contributed by atoms with Gasteiger partial charge in [0.25, 0.3) is 0 Å². The van der Waals surface area contributed by atoms with E-state index in [-0.39, 0.29) is 0 Å². The molecule has 4 heteroatoms. The van der Waals surface area contributed by atoms with Crippen LogP contribution in [0.3, 0.4) is 0 Å². The Morgan fingerprint density at radius 3 is 2.22 bits per heavy atom. The fourth-order valence-corrected chi connectivity index (χ4v) is 1.50. The average Bonchev–Trinajstić information content (AvgIpc) is 2.47. The van der Waals surface area contributed by atoms with Crippen molar-refractivity contribution >= 4 is 11.6 Å². The molecule has 18 heavy (non-hydrogen) atoms. The van der Waals surface area contributed by atoms with E-state index in [0.717, 1.165) is 0 Å². The SMILES string of the molecule is COc1ccc(C(=O)C(=O)c2cccnc2)cc1. The van der Waals surface area contributed by atoms with Crippen molar-refractivity contribution in [2.45, 2.75) is 0 Å². The van der Waals surface area contributed by atoms with Gasteiger partial charge in [-0.2, -0.15) is 0 Å². The predicted octanol–water partition coefficient (Wildman–Crippen LogP) is 2.16. The Morgan fingerprint density at radius 2 is 1.67 bits per heavy atom. The van der Waals surface area contributed by atoms with Crippen LogP contribution >= 0.6 is 0 Å². The third-order valence-corrected chi connectivity index (χ3v) is 2.48. The van der Waals surface area contributed by atoms with Gasteiger partial charge in [0.1, 0.15) is 5.75 Å². The number of ether oxygens (including phenoxy) is 1. The van der Waals surface area contributed by atoms with Gasteiger partial charge in [-0.3, -0.25) is 14.6 Å². The van der Waals surface area contributed by atoms with Crippen molar-refractivity contribution in [3.05, 3.63) is 59.9 Å². The molecule has 0 fully saturated rings. The van der Waals surface area contributed by atoms with Crippen LogP contribution in [0.1, 0.15) is 20.7 Å². The highest BCUT2D eigenvalue weighted by molar-refractivity contribution is 6.49. The number of aromatic nitrogens is 1. The van der Waals surface area contributed by atoms with Crippen molar-refractivity contribution in [2.24, 2.45) is 0 Å². The van der Waals surface area contributed by atoms with E-state index in [1.807, 2.05) is 0 Å². The summed E-state index contributed by atoms with van der Waals surface area (Å²) in [6.07, 6.45) is 2.93. The zero-order chi connectivity index (χ0) is 13.0. The summed E-state index contributed by atoms with van der Waals surface area (Å²) in [6.45, 7) is 0. The number of Topliss-reactive ketones (excluding diaryl/α,β-unsaturated/α-hetero) is 2. The normalized spacial score (nSPS) is 9.83. The van der Waals surface area contributed by atoms with Gasteiger partial charge >= 0.3 is 0 Å². The fraction of sp³-hybridized carbons (Fsp3) is 0.0714. The van der Waals surface area contributed by atoms with Gasteiger partial charge in [-0.05, 0) is 36.4 Å². The van der Waals surface area contributed by atoms with E-state index in [1.54, 1.807) is 42.6 Å². The minimum absolute atomic E-state index is 0.290. The van der Waals surface area contributed by atoms with E-state index in [1.165, 1.54) is 13.3 Å². The van der Waals surface area contributed by atoms with Gasteiger partial charge in [-0.1, -0.05) is 0 Å². The second-order valence-electron chi connectivity index (χ2n) is 3.63. The molecule has 0 radical (unpaired) electrons. The van der Waals surface area contributed by atoms with Gasteiger partial charge in [-0.15, -0.1) is 0 Å². The van der Waals surface area contributed by atoms with Gasteiger partial charge in [0, 0.05) is 23.5 Å². The molecule has 0 aliphatic rings. The van der Waals surface area contributed by atoms with Crippen molar-refractivity contribution in [3.63, 3.8) is 0 Å². The maximum atomic E-state index is 11.9. The first-order valence-electron chi connectivity index (χ1n) is 5.35. The molecule has 0 spiro atoms. The molecule has 4 nitrogen and oxygen atoms in total. The fourth-order valence-electron chi connectivity index (χ4n) is 1.50. The van der Waals surface area contributed by atoms with E-state index in [2.05, 4.69) is 4.98 Å². The monoisotopic (exact) mass is 241 g/mol. The number of carbonyl (C=O) groups is 2. The van der Waals surface area contributed by atoms with Gasteiger partial charge in [-0.25, -0.2) is 0 Å². The van der Waals surface area contributed by atoms with Crippen molar-refractivity contribution in [2.75, 3.05) is 7.11 Å². The number of hydrogen-bond donors (Lipinski definition) is 0. The molecule has 0 N–H and O–H groups in total. The van der Waals surface area contributed by atoms with Crippen molar-refractivity contribution in [3.8, 4) is 5.75 Å². The summed E-state index contributed by atoms with van der Waals surface area (Å²) >= 11 is 0. The summed E-state index contributed by atoms with van der Waals surface area (Å²) in [6, 6.07) is 9.60. The number of nitrogens with zero attached hydrogens (tertiary/aromatic N) is 1. The lowest BCUT2D eigenvalue weighted by molar-refractivity contribution is 0.0816. The topological polar surface area (TPSA) is 56.3 Å². The van der Waals surface area contributed by atoms with Crippen LogP contribution in [-0.2, 0) is 0 Å². The third-order valence-electron chi connectivity index (χ3n) is 2.48. The Morgan fingerprint density at radius 1 is 1.00 bits per heavy atom. The average molecular weight is 241 g/mol. The summed E-state index contributed by atoms with van der Waals surface area (Å²) in [5.41, 5.74) is 0.628. The third kappa shape index (κ3) is 2.43. The Labute approximate surface area is 104 Å². The van der Waals surface area contributed by atoms with Crippen molar-refractivity contribution in [1.29, 1.82) is 0 Å². The first kappa shape index (κ1) is 12.0. The lowest BCUT2D eigenvalue weighted by atomic mass is 10.0. The zero-order valence-corrected chi connectivity index (χ0v) is 9.79. The smallest absolute Gasteiger partial charge is 0.235 e. The van der Waals surface area contributed by atoms with Crippen LogP contribution in [-0.4, -0.2) is 23.7 Å². The molecular formula is C14H11NO3. The van der Waals surface area contributed by atoms with Crippen LogP contribution in [0.5, 0.6) is 5.75 Å². The molecule has 2 aromatic rings. The Kier molecular flexibility index (Phi) is 3.48. The molecule has 0 aliphatic carbocycles. The number of methoxy groups -OCH3 is 1. The number of pyridine rings is 1. The molecule has 1 aromatic heterocycles. The summed E-state index contributed by atoms with van der Waals surface area (Å²) in [4.78, 5) is 27.6. The Hall–Kier alpha value is -2.49. The highest BCUT2D eigenvalue weighted by Gasteiger charge is 2.18. The van der Waals surface area contributed by atoms with Crippen molar-refractivity contribution in [1.82, 2.24) is 4.98 Å². The second kappa shape index (κ2) is 5.23. The lowest BCUT2D eigenvalue weighted by Crippen LogP contribution is -2.14. The molecule has 0 saturated heterocycles. The maximum Gasteiger partial charge on any atom is 0.235 e. The molecule has 2 rings (SSSR count). The summed E-state index contributed by atoms with van der Waals surface area (Å²) in [5.74, 6) is -0.473. The number of ketones is 2. The van der Waals surface area contributed by atoms with Gasteiger partial charge in [0.2, 0.25) is 11.6 Å². The number of carbonyl (C=O) groups excluding carboxylic acids is 2. The van der Waals surface area contributed by atoms with E-state index >= 15 is 0 Å². The molecule has 1 aromatic carbocycles. The molecule has 0 aliphatic heterocycles. The standard InChI is InChI=1S/C14H11NO3/c1-18-12-6-4-10(5-7-12)13(16)14(17)11-3-2-8-15-9-11/h2-9H,1H3. The molecule has 90 valence electrons. The second-order valence-corrected chi connectivity index (χ2v) is 3.63. The highest BCUT2D eigenvalue weighted by Crippen LogP contribution is 2.13. The van der Waals surface area contributed by atoms with Gasteiger partial charge in [0.15, 0.2) is 0 Å². The van der Waals surface area contributed by atoms with E-state index in [4.69, 9.17) is 4.74 Å². The maximum absolute atomic E-state index is 11.9. The van der Waals surface area contributed by atoms with E-state index < -0.39 is 11.6 Å². The highest BCUT2D eigenvalue weighted by atomic mass is 16.5. The summed E-state index contributed by atoms with van der Waals surface area (Å²) in [5, 5.41) is 0. The quantitative estimate of drug-likeness (QED) is 0.608. The Balaban J connectivity index is 2.23. The minimum atomic E-state index is -0.562. The van der Waals surface area contributed by atoms with Crippen LogP contribution in [0.25, 0.3) is 0 Å². The van der Waals surface area contributed by atoms with Gasteiger partial charge < -0.3 is 4.74 Å². The number of benzene rings is 1. The number of hydrogen-bond acceptors (Lipinski definition) is 4. The predicted molar refractivity (Wildman–Crippen MR) is 65.9 cm³/mol. The molecule has 0 bridgehead atoms. The van der Waals surface area contributed by atoms with Crippen LogP contribution in [0.4, 0.5) is 0 Å². The minimum Gasteiger partial charge on any atom is -0.497 e. The number of rotatable bonds is 4. The first-order valence-corrected chi connectivity index (χ1v) is 5.35. The van der Waals surface area contributed by atoms with Crippen LogP contribution < -0.4 is 4.74 Å². The van der Waals surface area contributed by atoms with Crippen LogP contribution in [0, 0.1) is 0 Å². The van der Waals surface area contributed by atoms with Crippen LogP contribution in [0.2, 0.25) is 0 Å². The lowest BCUT2D eigenvalue weighted by Gasteiger charge is -2.02. The summed E-state index contributed by atoms with van der Waals surface area (Å²) in [7, 11) is 1.54. The Bertz CT molecular complexity index is 561. The molecule has 0 amide bonds. The molecular weight excluding hydrogens is 230 g/mol. The van der Waals surface area contributed by atoms with Crippen LogP contribution in [0.15, 0.2) is 48.8 Å². The van der Waals surface area contributed by atoms with Gasteiger partial charge in [0.05, 0.1) is 7.11 Å². The molecule has 1 heterocycles. The summed E-state index contributed by atoms with van der Waals surface area (Å²) < 4.78 is 4.99. The van der Waals surface area contributed by atoms with Crippen molar-refractivity contribution < 1.29 is 14.3 Å². The zero-order valence-electron chi connectivity index (χ0n) is 9.79. The molecule has 0 atom stereocenters. The largest absolute Gasteiger partial charge is 0.497 e. The van der Waals surface area contributed by atoms with E-state index in [9.17, 15) is 9.59 Å². The van der Waals surface area contributed by atoms with E-state index in [0.29, 0.717) is 16.9 Å². The molecule has 0 saturated carbocycles. The molecule has 0 unspecified atom stereocenters. The first-order chi connectivity index (χ1) is 8.72.